The smallest absolute Gasteiger partial charge is 0.407 e. The number of carbonyl (C=O) groups is 1. The molecule has 2 heterocycles. The Morgan fingerprint density at radius 2 is 2.15 bits per heavy atom. The average Bonchev–Trinajstić information content (AvgIpc) is 2.24. The molecule has 0 spiro atoms. The molecule has 20 heavy (non-hydrogen) atoms. The molecule has 1 saturated heterocycles. The van der Waals surface area contributed by atoms with Crippen LogP contribution in [0.25, 0.3) is 0 Å². The van der Waals surface area contributed by atoms with Crippen molar-refractivity contribution < 1.29 is 9.53 Å². The third-order valence-electron chi connectivity index (χ3n) is 3.09. The lowest BCUT2D eigenvalue weighted by molar-refractivity contribution is 0.0516. The number of aryl methyl sites for hydroxylation is 1. The van der Waals surface area contributed by atoms with E-state index in [4.69, 9.17) is 4.74 Å². The monoisotopic (exact) mass is 277 g/mol. The summed E-state index contributed by atoms with van der Waals surface area (Å²) in [4.78, 5) is 18.2. The molecule has 0 aliphatic carbocycles. The molecule has 1 N–H and O–H groups in total. The molecule has 0 bridgehead atoms. The van der Waals surface area contributed by atoms with E-state index in [2.05, 4.69) is 15.2 Å². The molecular weight excluding hydrogens is 254 g/mol. The number of nitrogens with one attached hydrogen (secondary N) is 1. The van der Waals surface area contributed by atoms with Crippen LogP contribution in [0, 0.1) is 12.8 Å². The summed E-state index contributed by atoms with van der Waals surface area (Å²) in [5.41, 5.74) is 0.583. The van der Waals surface area contributed by atoms with Gasteiger partial charge in [-0.1, -0.05) is 6.07 Å². The van der Waals surface area contributed by atoms with E-state index < -0.39 is 5.60 Å². The molecule has 0 atom stereocenters. The molecule has 1 aliphatic rings. The Hall–Kier alpha value is -1.78. The standard InChI is InChI=1S/C15H23N3O2/c1-11-6-5-7-13(17-11)18-9-12(10-18)8-16-14(19)20-15(2,3)4/h5-7,12H,8-10H2,1-4H3,(H,16,19). The van der Waals surface area contributed by atoms with Gasteiger partial charge in [0.05, 0.1) is 0 Å². The van der Waals surface area contributed by atoms with Crippen molar-refractivity contribution in [2.24, 2.45) is 5.92 Å². The maximum atomic E-state index is 11.5. The first-order chi connectivity index (χ1) is 9.33. The van der Waals surface area contributed by atoms with E-state index in [0.717, 1.165) is 24.6 Å². The number of ether oxygens (including phenoxy) is 1. The van der Waals surface area contributed by atoms with Crippen LogP contribution in [0.5, 0.6) is 0 Å². The lowest BCUT2D eigenvalue weighted by Crippen LogP contribution is -2.52. The highest BCUT2D eigenvalue weighted by Gasteiger charge is 2.28. The fraction of sp³-hybridized carbons (Fsp3) is 0.600. The van der Waals surface area contributed by atoms with Gasteiger partial charge in [-0.3, -0.25) is 0 Å². The third-order valence-corrected chi connectivity index (χ3v) is 3.09. The van der Waals surface area contributed by atoms with Crippen LogP contribution in [0.4, 0.5) is 10.6 Å². The van der Waals surface area contributed by atoms with Crippen LogP contribution in [0.3, 0.4) is 0 Å². The van der Waals surface area contributed by atoms with Crippen molar-refractivity contribution >= 4 is 11.9 Å². The number of nitrogens with zero attached hydrogens (tertiary/aromatic N) is 2. The van der Waals surface area contributed by atoms with Gasteiger partial charge in [-0.15, -0.1) is 0 Å². The van der Waals surface area contributed by atoms with E-state index >= 15 is 0 Å². The highest BCUT2D eigenvalue weighted by atomic mass is 16.6. The molecule has 1 fully saturated rings. The Bertz CT molecular complexity index is 476. The number of alkyl carbamates (subject to hydrolysis) is 1. The minimum atomic E-state index is -0.443. The highest BCUT2D eigenvalue weighted by Crippen LogP contribution is 2.22. The molecule has 1 amide bonds. The average molecular weight is 277 g/mol. The molecule has 0 aromatic carbocycles. The van der Waals surface area contributed by atoms with Crippen LogP contribution < -0.4 is 10.2 Å². The summed E-state index contributed by atoms with van der Waals surface area (Å²) in [6.45, 7) is 10.1. The highest BCUT2D eigenvalue weighted by molar-refractivity contribution is 5.67. The number of amides is 1. The molecule has 1 aliphatic heterocycles. The Morgan fingerprint density at radius 3 is 2.75 bits per heavy atom. The molecular formula is C15H23N3O2. The summed E-state index contributed by atoms with van der Waals surface area (Å²) in [5.74, 6) is 1.48. The van der Waals surface area contributed by atoms with E-state index in [1.165, 1.54) is 0 Å². The number of rotatable bonds is 3. The van der Waals surface area contributed by atoms with Crippen molar-refractivity contribution in [1.29, 1.82) is 0 Å². The van der Waals surface area contributed by atoms with Crippen molar-refractivity contribution in [3.05, 3.63) is 23.9 Å². The molecule has 1 aromatic heterocycles. The van der Waals surface area contributed by atoms with Gasteiger partial charge < -0.3 is 15.0 Å². The molecule has 0 saturated carbocycles. The van der Waals surface area contributed by atoms with Gasteiger partial charge in [0.1, 0.15) is 11.4 Å². The van der Waals surface area contributed by atoms with Gasteiger partial charge >= 0.3 is 6.09 Å². The van der Waals surface area contributed by atoms with Crippen molar-refractivity contribution in [3.63, 3.8) is 0 Å². The Balaban J connectivity index is 1.71. The number of carbonyl (C=O) groups excluding carboxylic acids is 1. The molecule has 0 unspecified atom stereocenters. The lowest BCUT2D eigenvalue weighted by atomic mass is 10.0. The van der Waals surface area contributed by atoms with E-state index in [-0.39, 0.29) is 6.09 Å². The molecule has 0 radical (unpaired) electrons. The Morgan fingerprint density at radius 1 is 1.45 bits per heavy atom. The van der Waals surface area contributed by atoms with Crippen LogP contribution in [0.1, 0.15) is 26.5 Å². The van der Waals surface area contributed by atoms with E-state index in [9.17, 15) is 4.79 Å². The molecule has 5 heteroatoms. The minimum absolute atomic E-state index is 0.343. The second-order valence-electron chi connectivity index (χ2n) is 6.29. The lowest BCUT2D eigenvalue weighted by Gasteiger charge is -2.40. The summed E-state index contributed by atoms with van der Waals surface area (Å²) in [6.07, 6.45) is -0.343. The fourth-order valence-electron chi connectivity index (χ4n) is 2.13. The normalized spacial score (nSPS) is 15.7. The van der Waals surface area contributed by atoms with Crippen LogP contribution in [-0.4, -0.2) is 36.3 Å². The summed E-state index contributed by atoms with van der Waals surface area (Å²) in [6, 6.07) is 6.03. The van der Waals surface area contributed by atoms with Gasteiger partial charge in [-0.2, -0.15) is 0 Å². The topological polar surface area (TPSA) is 54.5 Å². The second-order valence-corrected chi connectivity index (χ2v) is 6.29. The molecule has 110 valence electrons. The Kier molecular flexibility index (Phi) is 4.16. The van der Waals surface area contributed by atoms with Crippen LogP contribution >= 0.6 is 0 Å². The third kappa shape index (κ3) is 4.11. The Labute approximate surface area is 120 Å². The molecule has 5 nitrogen and oxygen atoms in total. The van der Waals surface area contributed by atoms with Gasteiger partial charge in [-0.25, -0.2) is 9.78 Å². The van der Waals surface area contributed by atoms with Crippen molar-refractivity contribution in [2.75, 3.05) is 24.5 Å². The fourth-order valence-corrected chi connectivity index (χ4v) is 2.13. The number of pyridine rings is 1. The van der Waals surface area contributed by atoms with Crippen molar-refractivity contribution in [1.82, 2.24) is 10.3 Å². The maximum absolute atomic E-state index is 11.5. The zero-order chi connectivity index (χ0) is 14.8. The van der Waals surface area contributed by atoms with Gasteiger partial charge in [-0.05, 0) is 39.8 Å². The van der Waals surface area contributed by atoms with Gasteiger partial charge in [0.25, 0.3) is 0 Å². The zero-order valence-corrected chi connectivity index (χ0v) is 12.6. The predicted molar refractivity (Wildman–Crippen MR) is 78.9 cm³/mol. The van der Waals surface area contributed by atoms with Crippen molar-refractivity contribution in [3.8, 4) is 0 Å². The SMILES string of the molecule is Cc1cccc(N2CC(CNC(=O)OC(C)(C)C)C2)n1. The number of aromatic nitrogens is 1. The van der Waals surface area contributed by atoms with Crippen LogP contribution in [0.15, 0.2) is 18.2 Å². The van der Waals surface area contributed by atoms with E-state index in [0.29, 0.717) is 12.5 Å². The number of anilines is 1. The summed E-state index contributed by atoms with van der Waals surface area (Å²) in [5, 5.41) is 2.82. The maximum Gasteiger partial charge on any atom is 0.407 e. The van der Waals surface area contributed by atoms with Gasteiger partial charge in [0.2, 0.25) is 0 Å². The van der Waals surface area contributed by atoms with E-state index in [1.54, 1.807) is 0 Å². The second kappa shape index (κ2) is 5.69. The van der Waals surface area contributed by atoms with Gasteiger partial charge in [0.15, 0.2) is 0 Å². The summed E-state index contributed by atoms with van der Waals surface area (Å²) in [7, 11) is 0. The summed E-state index contributed by atoms with van der Waals surface area (Å²) < 4.78 is 5.21. The number of hydrogen-bond acceptors (Lipinski definition) is 4. The van der Waals surface area contributed by atoms with E-state index in [1.807, 2.05) is 45.9 Å². The zero-order valence-electron chi connectivity index (χ0n) is 12.6. The largest absolute Gasteiger partial charge is 0.444 e. The first-order valence-corrected chi connectivity index (χ1v) is 6.99. The van der Waals surface area contributed by atoms with Crippen molar-refractivity contribution in [2.45, 2.75) is 33.3 Å². The predicted octanol–water partition coefficient (Wildman–Crippen LogP) is 2.35. The molecule has 2 rings (SSSR count). The number of hydrogen-bond donors (Lipinski definition) is 1. The first kappa shape index (κ1) is 14.6. The quantitative estimate of drug-likeness (QED) is 0.921. The van der Waals surface area contributed by atoms with Crippen LogP contribution in [-0.2, 0) is 4.74 Å². The first-order valence-electron chi connectivity index (χ1n) is 6.99. The van der Waals surface area contributed by atoms with Gasteiger partial charge in [0, 0.05) is 31.2 Å². The molecule has 1 aromatic rings. The summed E-state index contributed by atoms with van der Waals surface area (Å²) >= 11 is 0. The minimum Gasteiger partial charge on any atom is -0.444 e. The van der Waals surface area contributed by atoms with Crippen LogP contribution in [0.2, 0.25) is 0 Å².